The maximum absolute atomic E-state index is 12.6. The van der Waals surface area contributed by atoms with Gasteiger partial charge in [0.25, 0.3) is 16.8 Å². The Kier molecular flexibility index (Phi) is 5.64. The molecule has 2 fully saturated rings. The van der Waals surface area contributed by atoms with E-state index < -0.39 is 16.1 Å². The number of amides is 3. The molecule has 9 nitrogen and oxygen atoms in total. The van der Waals surface area contributed by atoms with Gasteiger partial charge in [-0.15, -0.1) is 0 Å². The van der Waals surface area contributed by atoms with Crippen LogP contribution in [0, 0.1) is 17.0 Å². The zero-order valence-electron chi connectivity index (χ0n) is 16.7. The van der Waals surface area contributed by atoms with Gasteiger partial charge in [0.2, 0.25) is 5.91 Å². The summed E-state index contributed by atoms with van der Waals surface area (Å²) in [4.78, 5) is 50.5. The monoisotopic (exact) mass is 441 g/mol. The molecule has 3 heterocycles. The summed E-state index contributed by atoms with van der Waals surface area (Å²) >= 11 is 0.767. The van der Waals surface area contributed by atoms with Crippen molar-refractivity contribution >= 4 is 40.6 Å². The average Bonchev–Trinajstić information content (AvgIpc) is 3.46. The van der Waals surface area contributed by atoms with E-state index in [1.165, 1.54) is 12.1 Å². The molecule has 0 bridgehead atoms. The number of likely N-dealkylation sites (tertiary alicyclic amines) is 1. The predicted molar refractivity (Wildman–Crippen MR) is 114 cm³/mol. The molecule has 10 heteroatoms. The summed E-state index contributed by atoms with van der Waals surface area (Å²) in [6.45, 7) is 2.70. The van der Waals surface area contributed by atoms with Gasteiger partial charge in [-0.1, -0.05) is 0 Å². The van der Waals surface area contributed by atoms with E-state index in [-0.39, 0.29) is 23.0 Å². The molecule has 0 spiro atoms. The first-order valence-electron chi connectivity index (χ1n) is 9.72. The zero-order valence-corrected chi connectivity index (χ0v) is 17.5. The molecule has 1 aromatic heterocycles. The van der Waals surface area contributed by atoms with E-state index in [1.54, 1.807) is 36.1 Å². The minimum atomic E-state index is -0.522. The van der Waals surface area contributed by atoms with Gasteiger partial charge in [0.1, 0.15) is 18.1 Å². The molecule has 0 saturated carbocycles. The third-order valence-corrected chi connectivity index (χ3v) is 6.11. The van der Waals surface area contributed by atoms with Crippen LogP contribution in [0.25, 0.3) is 17.4 Å². The molecule has 4 rings (SSSR count). The molecular formula is C21H19N3O6S. The normalized spacial score (nSPS) is 17.8. The van der Waals surface area contributed by atoms with Crippen LogP contribution in [-0.4, -0.2) is 51.4 Å². The lowest BCUT2D eigenvalue weighted by Gasteiger charge is -2.18. The maximum Gasteiger partial charge on any atom is 0.294 e. The summed E-state index contributed by atoms with van der Waals surface area (Å²) in [5.41, 5.74) is 1.18. The fourth-order valence-electron chi connectivity index (χ4n) is 3.57. The lowest BCUT2D eigenvalue weighted by Crippen LogP contribution is -2.40. The summed E-state index contributed by atoms with van der Waals surface area (Å²) in [5.74, 6) is 0.0941. The summed E-state index contributed by atoms with van der Waals surface area (Å²) in [5, 5.41) is 10.5. The highest BCUT2D eigenvalue weighted by molar-refractivity contribution is 8.18. The third-order valence-electron chi connectivity index (χ3n) is 5.20. The van der Waals surface area contributed by atoms with Crippen molar-refractivity contribution in [3.63, 3.8) is 0 Å². The zero-order chi connectivity index (χ0) is 22.1. The van der Waals surface area contributed by atoms with E-state index >= 15 is 0 Å². The SMILES string of the molecule is Cc1cc(-c2ccc(/C=C3\SC(=O)N(CC(=O)N4CCCC4)C3=O)o2)ccc1[N+](=O)[O-]. The Bertz CT molecular complexity index is 1120. The summed E-state index contributed by atoms with van der Waals surface area (Å²) < 4.78 is 5.75. The molecule has 0 unspecified atom stereocenters. The second-order valence-electron chi connectivity index (χ2n) is 7.32. The Balaban J connectivity index is 1.49. The minimum Gasteiger partial charge on any atom is -0.457 e. The number of carbonyl (C=O) groups excluding carboxylic acids is 3. The highest BCUT2D eigenvalue weighted by atomic mass is 32.2. The molecule has 2 aromatic rings. The fraction of sp³-hybridized carbons (Fsp3) is 0.286. The molecule has 31 heavy (non-hydrogen) atoms. The minimum absolute atomic E-state index is 0.0210. The number of furan rings is 1. The van der Waals surface area contributed by atoms with E-state index in [0.29, 0.717) is 35.7 Å². The highest BCUT2D eigenvalue weighted by Gasteiger charge is 2.37. The van der Waals surface area contributed by atoms with Crippen molar-refractivity contribution < 1.29 is 23.7 Å². The van der Waals surface area contributed by atoms with Crippen LogP contribution >= 0.6 is 11.8 Å². The van der Waals surface area contributed by atoms with Crippen molar-refractivity contribution in [1.82, 2.24) is 9.80 Å². The lowest BCUT2D eigenvalue weighted by molar-refractivity contribution is -0.385. The number of nitrogens with zero attached hydrogens (tertiary/aromatic N) is 3. The smallest absolute Gasteiger partial charge is 0.294 e. The first-order chi connectivity index (χ1) is 14.8. The van der Waals surface area contributed by atoms with Crippen LogP contribution in [0.4, 0.5) is 10.5 Å². The molecule has 0 atom stereocenters. The number of carbonyl (C=O) groups is 3. The number of rotatable bonds is 5. The van der Waals surface area contributed by atoms with Crippen LogP contribution < -0.4 is 0 Å². The van der Waals surface area contributed by atoms with Crippen LogP contribution in [0.15, 0.2) is 39.7 Å². The Morgan fingerprint density at radius 1 is 1.23 bits per heavy atom. The molecule has 3 amide bonds. The Morgan fingerprint density at radius 2 is 1.97 bits per heavy atom. The molecule has 160 valence electrons. The standard InChI is InChI=1S/C21H19N3O6S/c1-13-10-14(4-6-16(13)24(28)29)17-7-5-15(30-17)11-18-20(26)23(21(27)31-18)12-19(25)22-8-2-3-9-22/h4-7,10-11H,2-3,8-9,12H2,1H3/b18-11-. The van der Waals surface area contributed by atoms with E-state index in [1.807, 2.05) is 0 Å². The van der Waals surface area contributed by atoms with Crippen LogP contribution in [0.3, 0.4) is 0 Å². The molecule has 2 aliphatic rings. The van der Waals surface area contributed by atoms with E-state index in [2.05, 4.69) is 0 Å². The molecule has 0 radical (unpaired) electrons. The number of nitro groups is 1. The average molecular weight is 441 g/mol. The third kappa shape index (κ3) is 4.24. The van der Waals surface area contributed by atoms with Crippen LogP contribution in [0.1, 0.15) is 24.2 Å². The van der Waals surface area contributed by atoms with Crippen molar-refractivity contribution in [3.05, 3.63) is 56.7 Å². The molecule has 0 N–H and O–H groups in total. The first-order valence-corrected chi connectivity index (χ1v) is 10.5. The largest absolute Gasteiger partial charge is 0.457 e. The van der Waals surface area contributed by atoms with E-state index in [9.17, 15) is 24.5 Å². The number of imide groups is 1. The maximum atomic E-state index is 12.6. The van der Waals surface area contributed by atoms with Gasteiger partial charge in [0.15, 0.2) is 0 Å². The number of aryl methyl sites for hydroxylation is 1. The number of thioether (sulfide) groups is 1. The quantitative estimate of drug-likeness (QED) is 0.394. The summed E-state index contributed by atoms with van der Waals surface area (Å²) in [6.07, 6.45) is 3.33. The summed E-state index contributed by atoms with van der Waals surface area (Å²) in [7, 11) is 0. The highest BCUT2D eigenvalue weighted by Crippen LogP contribution is 2.34. The van der Waals surface area contributed by atoms with Crippen LogP contribution in [0.5, 0.6) is 0 Å². The van der Waals surface area contributed by atoms with Gasteiger partial charge in [0.05, 0.1) is 9.83 Å². The van der Waals surface area contributed by atoms with Gasteiger partial charge >= 0.3 is 0 Å². The molecule has 2 saturated heterocycles. The summed E-state index contributed by atoms with van der Waals surface area (Å²) in [6, 6.07) is 7.99. The Labute approximate surface area is 181 Å². The number of hydrogen-bond acceptors (Lipinski definition) is 7. The van der Waals surface area contributed by atoms with Crippen molar-refractivity contribution in [2.24, 2.45) is 0 Å². The van der Waals surface area contributed by atoms with Gasteiger partial charge < -0.3 is 9.32 Å². The van der Waals surface area contributed by atoms with Crippen LogP contribution in [-0.2, 0) is 9.59 Å². The fourth-order valence-corrected chi connectivity index (χ4v) is 4.38. The van der Waals surface area contributed by atoms with E-state index in [0.717, 1.165) is 29.5 Å². The second-order valence-corrected chi connectivity index (χ2v) is 8.31. The second kappa shape index (κ2) is 8.38. The number of nitro benzene ring substituents is 1. The van der Waals surface area contributed by atoms with E-state index in [4.69, 9.17) is 4.42 Å². The Morgan fingerprint density at radius 3 is 2.65 bits per heavy atom. The molecule has 0 aliphatic carbocycles. The molecular weight excluding hydrogens is 422 g/mol. The predicted octanol–water partition coefficient (Wildman–Crippen LogP) is 3.82. The van der Waals surface area contributed by atoms with Gasteiger partial charge in [-0.2, -0.15) is 0 Å². The molecule has 1 aromatic carbocycles. The van der Waals surface area contributed by atoms with Gasteiger partial charge in [0, 0.05) is 36.4 Å². The van der Waals surface area contributed by atoms with Gasteiger partial charge in [-0.05, 0) is 55.8 Å². The van der Waals surface area contributed by atoms with Crippen LogP contribution in [0.2, 0.25) is 0 Å². The number of hydrogen-bond donors (Lipinski definition) is 0. The van der Waals surface area contributed by atoms with Crippen molar-refractivity contribution in [1.29, 1.82) is 0 Å². The van der Waals surface area contributed by atoms with Gasteiger partial charge in [-0.25, -0.2) is 0 Å². The first kappa shape index (κ1) is 20.9. The Hall–Kier alpha value is -3.40. The topological polar surface area (TPSA) is 114 Å². The number of benzene rings is 1. The van der Waals surface area contributed by atoms with Crippen molar-refractivity contribution in [2.45, 2.75) is 19.8 Å². The van der Waals surface area contributed by atoms with Crippen molar-refractivity contribution in [2.75, 3.05) is 19.6 Å². The van der Waals surface area contributed by atoms with Crippen molar-refractivity contribution in [3.8, 4) is 11.3 Å². The molecule has 2 aliphatic heterocycles. The lowest BCUT2D eigenvalue weighted by atomic mass is 10.1. The van der Waals surface area contributed by atoms with Gasteiger partial charge in [-0.3, -0.25) is 29.4 Å².